The Morgan fingerprint density at radius 3 is 2.67 bits per heavy atom. The minimum Gasteiger partial charge on any atom is -0.462 e. The molecule has 9 nitrogen and oxygen atoms in total. The molecule has 2 amide bonds. The number of fused-ring (bicyclic) bond motifs is 3. The number of nitrogens with zero attached hydrogens (tertiary/aromatic N) is 1. The van der Waals surface area contributed by atoms with Gasteiger partial charge in [-0.3, -0.25) is 14.4 Å². The molecule has 0 fully saturated rings. The second-order valence-corrected chi connectivity index (χ2v) is 7.26. The first-order valence-electron chi connectivity index (χ1n) is 9.65. The first kappa shape index (κ1) is 19.7. The molecule has 4 N–H and O–H groups in total. The van der Waals surface area contributed by atoms with Gasteiger partial charge in [-0.2, -0.15) is 0 Å². The predicted molar refractivity (Wildman–Crippen MR) is 104 cm³/mol. The van der Waals surface area contributed by atoms with E-state index in [9.17, 15) is 19.2 Å². The van der Waals surface area contributed by atoms with Crippen molar-refractivity contribution >= 4 is 29.3 Å². The molecule has 0 saturated carbocycles. The second kappa shape index (κ2) is 7.01. The maximum Gasteiger partial charge on any atom is 0.341 e. The van der Waals surface area contributed by atoms with Gasteiger partial charge in [-0.05, 0) is 19.4 Å². The van der Waals surface area contributed by atoms with Crippen molar-refractivity contribution in [1.29, 1.82) is 0 Å². The molecule has 4 rings (SSSR count). The summed E-state index contributed by atoms with van der Waals surface area (Å²) in [4.78, 5) is 52.9. The second-order valence-electron chi connectivity index (χ2n) is 7.26. The van der Waals surface area contributed by atoms with Crippen molar-refractivity contribution in [1.82, 2.24) is 0 Å². The van der Waals surface area contributed by atoms with Crippen LogP contribution in [0.1, 0.15) is 31.7 Å². The van der Waals surface area contributed by atoms with Crippen LogP contribution in [0.5, 0.6) is 0 Å². The lowest BCUT2D eigenvalue weighted by molar-refractivity contribution is -0.141. The Morgan fingerprint density at radius 1 is 1.23 bits per heavy atom. The van der Waals surface area contributed by atoms with Gasteiger partial charge in [0.1, 0.15) is 23.3 Å². The summed E-state index contributed by atoms with van der Waals surface area (Å²) in [6.07, 6.45) is 1.13. The standard InChI is InChI=1S/C21H21N3O6/c1-2-29-19(27)17-18(23)30-14-9-5-8-13(25)16(14)21(17)11-6-3-4-7-12(11)24(20(21)28)10-15(22)26/h3-4,6-7H,2,5,8-10,23H2,1H3,(H2,22,26)/t21-/m0/s1. The number of allylic oxidation sites excluding steroid dienone is 1. The fourth-order valence-corrected chi connectivity index (χ4v) is 4.54. The summed E-state index contributed by atoms with van der Waals surface area (Å²) in [5, 5.41) is 0. The van der Waals surface area contributed by atoms with Crippen LogP contribution >= 0.6 is 0 Å². The third-order valence-electron chi connectivity index (χ3n) is 5.55. The third-order valence-corrected chi connectivity index (χ3v) is 5.55. The topological polar surface area (TPSA) is 142 Å². The van der Waals surface area contributed by atoms with Crippen LogP contribution in [0.15, 0.2) is 47.1 Å². The molecule has 156 valence electrons. The molecule has 30 heavy (non-hydrogen) atoms. The molecule has 1 atom stereocenters. The SMILES string of the molecule is CCOC(=O)C1=C(N)OC2=C(C(=O)CCC2)[C@]12C(=O)N(CC(N)=O)c1ccccc12. The number of rotatable bonds is 4. The van der Waals surface area contributed by atoms with E-state index >= 15 is 0 Å². The van der Waals surface area contributed by atoms with Gasteiger partial charge in [0.15, 0.2) is 5.78 Å². The molecule has 0 aromatic heterocycles. The highest BCUT2D eigenvalue weighted by molar-refractivity contribution is 6.24. The number of ketones is 1. The number of carbonyl (C=O) groups excluding carboxylic acids is 4. The van der Waals surface area contributed by atoms with Crippen molar-refractivity contribution in [3.05, 3.63) is 52.6 Å². The van der Waals surface area contributed by atoms with Gasteiger partial charge in [0, 0.05) is 24.1 Å². The molecule has 0 radical (unpaired) electrons. The zero-order valence-electron chi connectivity index (χ0n) is 16.4. The number of para-hydroxylation sites is 1. The Kier molecular flexibility index (Phi) is 4.60. The molecule has 1 spiro atoms. The largest absolute Gasteiger partial charge is 0.462 e. The van der Waals surface area contributed by atoms with Crippen molar-refractivity contribution in [2.75, 3.05) is 18.1 Å². The molecule has 1 aromatic rings. The molecule has 1 aliphatic carbocycles. The van der Waals surface area contributed by atoms with Crippen LogP contribution < -0.4 is 16.4 Å². The van der Waals surface area contributed by atoms with E-state index < -0.39 is 29.7 Å². The summed E-state index contributed by atoms with van der Waals surface area (Å²) in [6, 6.07) is 6.64. The maximum atomic E-state index is 13.9. The van der Waals surface area contributed by atoms with E-state index in [0.29, 0.717) is 24.1 Å². The monoisotopic (exact) mass is 411 g/mol. The van der Waals surface area contributed by atoms with Gasteiger partial charge >= 0.3 is 5.97 Å². The lowest BCUT2D eigenvalue weighted by atomic mass is 9.64. The lowest BCUT2D eigenvalue weighted by Crippen LogP contribution is -2.52. The average molecular weight is 411 g/mol. The molecule has 0 saturated heterocycles. The van der Waals surface area contributed by atoms with Gasteiger partial charge in [-0.1, -0.05) is 18.2 Å². The van der Waals surface area contributed by atoms with Gasteiger partial charge in [-0.15, -0.1) is 0 Å². The van der Waals surface area contributed by atoms with Crippen LogP contribution in [0.4, 0.5) is 5.69 Å². The first-order chi connectivity index (χ1) is 14.3. The number of primary amides is 1. The molecule has 3 aliphatic rings. The highest BCUT2D eigenvalue weighted by Crippen LogP contribution is 2.55. The van der Waals surface area contributed by atoms with E-state index in [2.05, 4.69) is 0 Å². The summed E-state index contributed by atoms with van der Waals surface area (Å²) >= 11 is 0. The minimum atomic E-state index is -1.84. The van der Waals surface area contributed by atoms with E-state index in [-0.39, 0.29) is 41.6 Å². The van der Waals surface area contributed by atoms with Gasteiger partial charge in [0.25, 0.3) is 0 Å². The molecule has 0 bridgehead atoms. The zero-order valence-corrected chi connectivity index (χ0v) is 16.4. The first-order valence-corrected chi connectivity index (χ1v) is 9.65. The van der Waals surface area contributed by atoms with E-state index in [4.69, 9.17) is 20.9 Å². The Hall–Kier alpha value is -3.62. The van der Waals surface area contributed by atoms with Gasteiger partial charge < -0.3 is 25.8 Å². The maximum absolute atomic E-state index is 13.9. The number of benzene rings is 1. The zero-order chi connectivity index (χ0) is 21.6. The van der Waals surface area contributed by atoms with Crippen LogP contribution in [0, 0.1) is 0 Å². The number of amides is 2. The molecular formula is C21H21N3O6. The van der Waals surface area contributed by atoms with Crippen molar-refractivity contribution in [2.45, 2.75) is 31.6 Å². The van der Waals surface area contributed by atoms with E-state index in [1.54, 1.807) is 31.2 Å². The number of hydrogen-bond donors (Lipinski definition) is 2. The number of anilines is 1. The number of carbonyl (C=O) groups is 4. The number of hydrogen-bond acceptors (Lipinski definition) is 7. The molecule has 1 aromatic carbocycles. The van der Waals surface area contributed by atoms with Gasteiger partial charge in [0.2, 0.25) is 17.7 Å². The normalized spacial score (nSPS) is 22.8. The minimum absolute atomic E-state index is 0.0341. The fraction of sp³-hybridized carbons (Fsp3) is 0.333. The molecule has 2 heterocycles. The quantitative estimate of drug-likeness (QED) is 0.688. The van der Waals surface area contributed by atoms with Crippen LogP contribution in [0.25, 0.3) is 0 Å². The number of nitrogens with two attached hydrogens (primary N) is 2. The van der Waals surface area contributed by atoms with Crippen LogP contribution in [0.3, 0.4) is 0 Å². The third kappa shape index (κ3) is 2.54. The van der Waals surface area contributed by atoms with Gasteiger partial charge in [0.05, 0.1) is 12.2 Å². The Morgan fingerprint density at radius 2 is 1.97 bits per heavy atom. The van der Waals surface area contributed by atoms with Crippen molar-refractivity contribution in [2.24, 2.45) is 11.5 Å². The summed E-state index contributed by atoms with van der Waals surface area (Å²) < 4.78 is 10.8. The Balaban J connectivity index is 2.08. The average Bonchev–Trinajstić information content (AvgIpc) is 2.91. The number of esters is 1. The Bertz CT molecular complexity index is 1060. The summed E-state index contributed by atoms with van der Waals surface area (Å²) in [5.74, 6) is -2.58. The lowest BCUT2D eigenvalue weighted by Gasteiger charge is -2.38. The van der Waals surface area contributed by atoms with Crippen LogP contribution in [0.2, 0.25) is 0 Å². The highest BCUT2D eigenvalue weighted by atomic mass is 16.5. The summed E-state index contributed by atoms with van der Waals surface area (Å²) in [6.45, 7) is 1.24. The molecule has 9 heteroatoms. The van der Waals surface area contributed by atoms with E-state index in [1.165, 1.54) is 4.90 Å². The van der Waals surface area contributed by atoms with E-state index in [0.717, 1.165) is 0 Å². The molecular weight excluding hydrogens is 390 g/mol. The smallest absolute Gasteiger partial charge is 0.341 e. The van der Waals surface area contributed by atoms with E-state index in [1.807, 2.05) is 0 Å². The fourth-order valence-electron chi connectivity index (χ4n) is 4.54. The molecule has 2 aliphatic heterocycles. The van der Waals surface area contributed by atoms with Crippen molar-refractivity contribution < 1.29 is 28.7 Å². The Labute approximate surface area is 172 Å². The predicted octanol–water partition coefficient (Wildman–Crippen LogP) is 0.527. The number of ether oxygens (including phenoxy) is 2. The van der Waals surface area contributed by atoms with Crippen LogP contribution in [-0.4, -0.2) is 36.7 Å². The van der Waals surface area contributed by atoms with Gasteiger partial charge in [-0.25, -0.2) is 4.79 Å². The summed E-state index contributed by atoms with van der Waals surface area (Å²) in [5.41, 5.74) is 10.2. The van der Waals surface area contributed by atoms with Crippen molar-refractivity contribution in [3.63, 3.8) is 0 Å². The van der Waals surface area contributed by atoms with Crippen molar-refractivity contribution in [3.8, 4) is 0 Å². The summed E-state index contributed by atoms with van der Waals surface area (Å²) in [7, 11) is 0. The highest BCUT2D eigenvalue weighted by Gasteiger charge is 2.63. The molecule has 0 unspecified atom stereocenters. The van der Waals surface area contributed by atoms with Crippen LogP contribution in [-0.2, 0) is 34.1 Å². The number of Topliss-reactive ketones (excluding diaryl/α,β-unsaturated/α-hetero) is 1.